The molecule has 1 aromatic rings. The number of hydrogen-bond acceptors (Lipinski definition) is 2. The molecule has 2 rings (SSSR count). The summed E-state index contributed by atoms with van der Waals surface area (Å²) in [4.78, 5) is 14.4. The molecule has 1 fully saturated rings. The second-order valence-electron chi connectivity index (χ2n) is 5.29. The first kappa shape index (κ1) is 15.3. The SMILES string of the molecule is CCN(C(=O)c1ccc(F)c(Cl)c1)C1CCC(N)CC1. The fourth-order valence-corrected chi connectivity index (χ4v) is 2.96. The topological polar surface area (TPSA) is 46.3 Å². The van der Waals surface area contributed by atoms with Crippen LogP contribution >= 0.6 is 11.6 Å². The van der Waals surface area contributed by atoms with Crippen LogP contribution in [0.4, 0.5) is 4.39 Å². The van der Waals surface area contributed by atoms with Gasteiger partial charge in [-0.15, -0.1) is 0 Å². The molecule has 20 heavy (non-hydrogen) atoms. The maximum absolute atomic E-state index is 13.2. The number of hydrogen-bond donors (Lipinski definition) is 1. The Morgan fingerprint density at radius 2 is 2.05 bits per heavy atom. The lowest BCUT2D eigenvalue weighted by molar-refractivity contribution is 0.0640. The summed E-state index contributed by atoms with van der Waals surface area (Å²) in [6.45, 7) is 2.59. The minimum atomic E-state index is -0.505. The molecule has 1 aliphatic rings. The molecule has 5 heteroatoms. The van der Waals surface area contributed by atoms with E-state index in [-0.39, 0.29) is 23.0 Å². The van der Waals surface area contributed by atoms with E-state index in [1.54, 1.807) is 0 Å². The van der Waals surface area contributed by atoms with Gasteiger partial charge in [-0.1, -0.05) is 11.6 Å². The minimum absolute atomic E-state index is 0.0161. The lowest BCUT2D eigenvalue weighted by Crippen LogP contribution is -2.44. The molecule has 1 amide bonds. The first-order valence-corrected chi connectivity index (χ1v) is 7.42. The van der Waals surface area contributed by atoms with Crippen molar-refractivity contribution >= 4 is 17.5 Å². The van der Waals surface area contributed by atoms with Crippen molar-refractivity contribution in [2.75, 3.05) is 6.54 Å². The van der Waals surface area contributed by atoms with Gasteiger partial charge in [-0.2, -0.15) is 0 Å². The molecule has 1 aromatic carbocycles. The van der Waals surface area contributed by atoms with Crippen molar-refractivity contribution in [3.8, 4) is 0 Å². The van der Waals surface area contributed by atoms with Gasteiger partial charge >= 0.3 is 0 Å². The van der Waals surface area contributed by atoms with E-state index in [0.717, 1.165) is 25.7 Å². The highest BCUT2D eigenvalue weighted by atomic mass is 35.5. The van der Waals surface area contributed by atoms with Gasteiger partial charge in [0.25, 0.3) is 5.91 Å². The van der Waals surface area contributed by atoms with Crippen LogP contribution in [0, 0.1) is 5.82 Å². The highest BCUT2D eigenvalue weighted by Crippen LogP contribution is 2.24. The molecule has 0 aliphatic heterocycles. The minimum Gasteiger partial charge on any atom is -0.336 e. The van der Waals surface area contributed by atoms with Crippen molar-refractivity contribution < 1.29 is 9.18 Å². The number of halogens is 2. The van der Waals surface area contributed by atoms with E-state index in [1.807, 2.05) is 11.8 Å². The average Bonchev–Trinajstić information content (AvgIpc) is 2.44. The molecule has 0 spiro atoms. The van der Waals surface area contributed by atoms with Crippen LogP contribution in [0.5, 0.6) is 0 Å². The van der Waals surface area contributed by atoms with Crippen LogP contribution in [0.25, 0.3) is 0 Å². The van der Waals surface area contributed by atoms with Gasteiger partial charge in [0, 0.05) is 24.2 Å². The van der Waals surface area contributed by atoms with Gasteiger partial charge in [0.2, 0.25) is 0 Å². The number of amides is 1. The zero-order valence-corrected chi connectivity index (χ0v) is 12.4. The Hall–Kier alpha value is -1.13. The Balaban J connectivity index is 2.14. The number of benzene rings is 1. The first-order chi connectivity index (χ1) is 9.52. The predicted octanol–water partition coefficient (Wildman–Crippen LogP) is 3.21. The molecule has 2 N–H and O–H groups in total. The van der Waals surface area contributed by atoms with Gasteiger partial charge in [0.05, 0.1) is 5.02 Å². The van der Waals surface area contributed by atoms with Gasteiger partial charge in [-0.05, 0) is 50.8 Å². The summed E-state index contributed by atoms with van der Waals surface area (Å²) in [5.41, 5.74) is 6.34. The molecular weight excluding hydrogens is 279 g/mol. The van der Waals surface area contributed by atoms with E-state index in [2.05, 4.69) is 0 Å². The fraction of sp³-hybridized carbons (Fsp3) is 0.533. The average molecular weight is 299 g/mol. The van der Waals surface area contributed by atoms with Crippen LogP contribution in [0.15, 0.2) is 18.2 Å². The summed E-state index contributed by atoms with van der Waals surface area (Å²) < 4.78 is 13.2. The molecule has 0 heterocycles. The lowest BCUT2D eigenvalue weighted by atomic mass is 9.90. The molecule has 1 aliphatic carbocycles. The maximum atomic E-state index is 13.2. The molecule has 0 unspecified atom stereocenters. The number of rotatable bonds is 3. The van der Waals surface area contributed by atoms with E-state index in [0.29, 0.717) is 12.1 Å². The molecule has 110 valence electrons. The molecule has 0 atom stereocenters. The van der Waals surface area contributed by atoms with Gasteiger partial charge in [-0.3, -0.25) is 4.79 Å². The second kappa shape index (κ2) is 6.55. The first-order valence-electron chi connectivity index (χ1n) is 7.04. The number of nitrogens with two attached hydrogens (primary N) is 1. The molecule has 1 saturated carbocycles. The Morgan fingerprint density at radius 1 is 1.40 bits per heavy atom. The summed E-state index contributed by atoms with van der Waals surface area (Å²) in [7, 11) is 0. The zero-order valence-electron chi connectivity index (χ0n) is 11.6. The molecule has 0 aromatic heterocycles. The van der Waals surface area contributed by atoms with Crippen LogP contribution in [0.2, 0.25) is 5.02 Å². The molecule has 0 radical (unpaired) electrons. The van der Waals surface area contributed by atoms with Gasteiger partial charge in [0.1, 0.15) is 5.82 Å². The van der Waals surface area contributed by atoms with Crippen molar-refractivity contribution in [3.63, 3.8) is 0 Å². The van der Waals surface area contributed by atoms with E-state index < -0.39 is 5.82 Å². The molecule has 0 saturated heterocycles. The van der Waals surface area contributed by atoms with Gasteiger partial charge in [0.15, 0.2) is 0 Å². The van der Waals surface area contributed by atoms with Crippen molar-refractivity contribution in [1.29, 1.82) is 0 Å². The maximum Gasteiger partial charge on any atom is 0.254 e. The smallest absolute Gasteiger partial charge is 0.254 e. The second-order valence-corrected chi connectivity index (χ2v) is 5.70. The van der Waals surface area contributed by atoms with Crippen molar-refractivity contribution in [1.82, 2.24) is 4.90 Å². The Morgan fingerprint density at radius 3 is 2.60 bits per heavy atom. The highest BCUT2D eigenvalue weighted by Gasteiger charge is 2.27. The Labute approximate surface area is 123 Å². The Bertz CT molecular complexity index is 487. The highest BCUT2D eigenvalue weighted by molar-refractivity contribution is 6.31. The van der Waals surface area contributed by atoms with Gasteiger partial charge < -0.3 is 10.6 Å². The molecule has 0 bridgehead atoms. The van der Waals surface area contributed by atoms with Crippen LogP contribution in [-0.2, 0) is 0 Å². The van der Waals surface area contributed by atoms with Crippen LogP contribution in [-0.4, -0.2) is 29.4 Å². The number of nitrogens with zero attached hydrogens (tertiary/aromatic N) is 1. The summed E-state index contributed by atoms with van der Waals surface area (Å²) in [6, 6.07) is 4.59. The van der Waals surface area contributed by atoms with E-state index in [1.165, 1.54) is 18.2 Å². The number of carbonyl (C=O) groups is 1. The van der Waals surface area contributed by atoms with Gasteiger partial charge in [-0.25, -0.2) is 4.39 Å². The third kappa shape index (κ3) is 3.30. The third-order valence-corrected chi connectivity index (χ3v) is 4.24. The summed E-state index contributed by atoms with van der Waals surface area (Å²) in [5, 5.41) is -0.0161. The summed E-state index contributed by atoms with van der Waals surface area (Å²) >= 11 is 5.75. The van der Waals surface area contributed by atoms with Crippen LogP contribution < -0.4 is 5.73 Å². The Kier molecular flexibility index (Phi) is 5.00. The standard InChI is InChI=1S/C15H20ClFN2O/c1-2-19(12-6-4-11(18)5-7-12)15(20)10-3-8-14(17)13(16)9-10/h3,8-9,11-12H,2,4-7,18H2,1H3. The summed E-state index contributed by atoms with van der Waals surface area (Å²) in [5.74, 6) is -0.593. The predicted molar refractivity (Wildman–Crippen MR) is 78.4 cm³/mol. The molecule has 3 nitrogen and oxygen atoms in total. The van der Waals surface area contributed by atoms with Crippen LogP contribution in [0.1, 0.15) is 43.0 Å². The van der Waals surface area contributed by atoms with E-state index in [9.17, 15) is 9.18 Å². The van der Waals surface area contributed by atoms with Crippen molar-refractivity contribution in [2.24, 2.45) is 5.73 Å². The third-order valence-electron chi connectivity index (χ3n) is 3.95. The van der Waals surface area contributed by atoms with Crippen LogP contribution in [0.3, 0.4) is 0 Å². The monoisotopic (exact) mass is 298 g/mol. The largest absolute Gasteiger partial charge is 0.336 e. The zero-order chi connectivity index (χ0) is 14.7. The fourth-order valence-electron chi connectivity index (χ4n) is 2.78. The number of carbonyl (C=O) groups excluding carboxylic acids is 1. The lowest BCUT2D eigenvalue weighted by Gasteiger charge is -2.35. The summed E-state index contributed by atoms with van der Waals surface area (Å²) in [6.07, 6.45) is 3.74. The van der Waals surface area contributed by atoms with Crippen molar-refractivity contribution in [2.45, 2.75) is 44.7 Å². The van der Waals surface area contributed by atoms with E-state index in [4.69, 9.17) is 17.3 Å². The quantitative estimate of drug-likeness (QED) is 0.931. The molecular formula is C15H20ClFN2O. The van der Waals surface area contributed by atoms with Crippen molar-refractivity contribution in [3.05, 3.63) is 34.6 Å². The normalized spacial score (nSPS) is 22.6. The van der Waals surface area contributed by atoms with E-state index >= 15 is 0 Å².